The average molecular weight is 461 g/mol. The topological polar surface area (TPSA) is 62.1 Å². The van der Waals surface area contributed by atoms with Gasteiger partial charge in [0.25, 0.3) is 0 Å². The molecule has 1 saturated heterocycles. The number of hydrogen-bond acceptors (Lipinski definition) is 4. The van der Waals surface area contributed by atoms with Gasteiger partial charge in [0.2, 0.25) is 0 Å². The molecule has 6 rings (SSSR count). The second kappa shape index (κ2) is 8.15. The van der Waals surface area contributed by atoms with Crippen molar-refractivity contribution in [3.63, 3.8) is 0 Å². The van der Waals surface area contributed by atoms with Crippen LogP contribution < -0.4 is 0 Å². The van der Waals surface area contributed by atoms with Crippen molar-refractivity contribution in [2.75, 3.05) is 13.1 Å². The fourth-order valence-electron chi connectivity index (χ4n) is 6.14. The summed E-state index contributed by atoms with van der Waals surface area (Å²) >= 11 is 0. The number of halogens is 1. The number of nitrogens with one attached hydrogen (secondary N) is 1. The lowest BCUT2D eigenvalue weighted by molar-refractivity contribution is 0.0863. The predicted octanol–water partition coefficient (Wildman–Crippen LogP) is 5.88. The van der Waals surface area contributed by atoms with E-state index in [9.17, 15) is 0 Å². The van der Waals surface area contributed by atoms with Crippen molar-refractivity contribution >= 4 is 16.6 Å². The summed E-state index contributed by atoms with van der Waals surface area (Å²) < 4.78 is 18.0. The van der Waals surface area contributed by atoms with Crippen molar-refractivity contribution in [3.8, 4) is 11.3 Å². The van der Waals surface area contributed by atoms with Gasteiger partial charge in [0.1, 0.15) is 6.33 Å². The third kappa shape index (κ3) is 3.28. The minimum absolute atomic E-state index is 0.132. The number of pyridine rings is 2. The van der Waals surface area contributed by atoms with Gasteiger partial charge in [0.05, 0.1) is 23.1 Å². The standard InChI is InChI=1S/C27H33FN6/c1-15(2)22-23-21(32-26(22)20-13-34-27(30-14-31-34)17(4)16(20)3)12-29-25(24(23)28)18-6-8-19(9-7-18)33-10-5-11-33/h12-15,18-19,32H,5-11H2,1-4H3. The molecule has 2 fully saturated rings. The second-order valence-corrected chi connectivity index (χ2v) is 10.5. The quantitative estimate of drug-likeness (QED) is 0.413. The number of aromatic amines is 1. The van der Waals surface area contributed by atoms with E-state index in [2.05, 4.69) is 52.6 Å². The summed E-state index contributed by atoms with van der Waals surface area (Å²) in [5.41, 5.74) is 7.51. The van der Waals surface area contributed by atoms with Gasteiger partial charge in [-0.3, -0.25) is 4.98 Å². The Kier molecular flexibility index (Phi) is 5.21. The highest BCUT2D eigenvalue weighted by Gasteiger charge is 2.32. The Morgan fingerprint density at radius 1 is 1.06 bits per heavy atom. The maximum atomic E-state index is 16.2. The molecule has 0 amide bonds. The van der Waals surface area contributed by atoms with Gasteiger partial charge in [-0.2, -0.15) is 5.10 Å². The molecular formula is C27H33FN6. The number of likely N-dealkylation sites (tertiary alicyclic amines) is 1. The van der Waals surface area contributed by atoms with Crippen LogP contribution >= 0.6 is 0 Å². The molecule has 4 aromatic heterocycles. The number of fused-ring (bicyclic) bond motifs is 2. The summed E-state index contributed by atoms with van der Waals surface area (Å²) in [6, 6.07) is 0.680. The summed E-state index contributed by atoms with van der Waals surface area (Å²) in [5, 5.41) is 5.06. The van der Waals surface area contributed by atoms with E-state index in [1.807, 2.05) is 16.9 Å². The molecule has 1 N–H and O–H groups in total. The highest BCUT2D eigenvalue weighted by atomic mass is 19.1. The van der Waals surface area contributed by atoms with Gasteiger partial charge < -0.3 is 9.88 Å². The Morgan fingerprint density at radius 3 is 2.50 bits per heavy atom. The van der Waals surface area contributed by atoms with Crippen LogP contribution in [-0.2, 0) is 0 Å². The van der Waals surface area contributed by atoms with Gasteiger partial charge in [-0.1, -0.05) is 13.8 Å². The molecule has 4 aromatic rings. The molecule has 0 unspecified atom stereocenters. The van der Waals surface area contributed by atoms with Gasteiger partial charge in [0, 0.05) is 29.1 Å². The van der Waals surface area contributed by atoms with E-state index in [-0.39, 0.29) is 17.7 Å². The van der Waals surface area contributed by atoms with Crippen LogP contribution in [0.1, 0.15) is 80.2 Å². The SMILES string of the molecule is Cc1c(-c2[nH]c3cnc(C4CCC(N5CCC5)CC4)c(F)c3c2C(C)C)cn2ncnc2c1C. The van der Waals surface area contributed by atoms with Crippen molar-refractivity contribution in [2.45, 2.75) is 77.7 Å². The molecule has 0 spiro atoms. The van der Waals surface area contributed by atoms with Gasteiger partial charge in [0.15, 0.2) is 11.5 Å². The minimum atomic E-state index is -0.132. The second-order valence-electron chi connectivity index (χ2n) is 10.5. The molecular weight excluding hydrogens is 427 g/mol. The lowest BCUT2D eigenvalue weighted by Gasteiger charge is -2.41. The number of nitrogens with zero attached hydrogens (tertiary/aromatic N) is 5. The largest absolute Gasteiger partial charge is 0.353 e. The van der Waals surface area contributed by atoms with Crippen LogP contribution in [-0.4, -0.2) is 48.6 Å². The smallest absolute Gasteiger partial charge is 0.158 e. The van der Waals surface area contributed by atoms with Crippen LogP contribution in [0, 0.1) is 19.7 Å². The molecule has 6 nitrogen and oxygen atoms in total. The molecule has 178 valence electrons. The summed E-state index contributed by atoms with van der Waals surface area (Å²) in [6.07, 6.45) is 11.1. The number of H-pyrrole nitrogens is 1. The maximum Gasteiger partial charge on any atom is 0.158 e. The fourth-order valence-corrected chi connectivity index (χ4v) is 6.14. The third-order valence-corrected chi connectivity index (χ3v) is 8.31. The minimum Gasteiger partial charge on any atom is -0.353 e. The van der Waals surface area contributed by atoms with Crippen molar-refractivity contribution in [1.82, 2.24) is 29.5 Å². The number of aryl methyl sites for hydroxylation is 1. The summed E-state index contributed by atoms with van der Waals surface area (Å²) in [7, 11) is 0. The fraction of sp³-hybridized carbons (Fsp3) is 0.519. The van der Waals surface area contributed by atoms with Crippen molar-refractivity contribution < 1.29 is 4.39 Å². The molecule has 1 saturated carbocycles. The van der Waals surface area contributed by atoms with Crippen molar-refractivity contribution in [2.24, 2.45) is 0 Å². The molecule has 0 radical (unpaired) electrons. The van der Waals surface area contributed by atoms with E-state index in [0.29, 0.717) is 17.1 Å². The van der Waals surface area contributed by atoms with Crippen molar-refractivity contribution in [3.05, 3.63) is 46.9 Å². The lowest BCUT2D eigenvalue weighted by atomic mass is 9.82. The Balaban J connectivity index is 1.44. The molecule has 5 heterocycles. The molecule has 34 heavy (non-hydrogen) atoms. The van der Waals surface area contributed by atoms with Crippen LogP contribution in [0.5, 0.6) is 0 Å². The van der Waals surface area contributed by atoms with Crippen LogP contribution in [0.2, 0.25) is 0 Å². The highest BCUT2D eigenvalue weighted by Crippen LogP contribution is 2.42. The predicted molar refractivity (Wildman–Crippen MR) is 133 cm³/mol. The first kappa shape index (κ1) is 21.7. The lowest BCUT2D eigenvalue weighted by Crippen LogP contribution is -2.46. The molecule has 7 heteroatoms. The van der Waals surface area contributed by atoms with Gasteiger partial charge in [-0.25, -0.2) is 13.9 Å². The Hall–Kier alpha value is -2.80. The summed E-state index contributed by atoms with van der Waals surface area (Å²) in [5.74, 6) is 0.227. The molecule has 1 aliphatic heterocycles. The monoisotopic (exact) mass is 460 g/mol. The summed E-state index contributed by atoms with van der Waals surface area (Å²) in [4.78, 5) is 15.2. The van der Waals surface area contributed by atoms with E-state index in [1.165, 1.54) is 19.5 Å². The highest BCUT2D eigenvalue weighted by molar-refractivity contribution is 5.92. The maximum absolute atomic E-state index is 16.2. The Bertz CT molecular complexity index is 1370. The third-order valence-electron chi connectivity index (χ3n) is 8.31. The number of rotatable bonds is 4. The normalized spacial score (nSPS) is 21.6. The first-order valence-corrected chi connectivity index (χ1v) is 12.7. The van der Waals surface area contributed by atoms with E-state index in [4.69, 9.17) is 0 Å². The number of aromatic nitrogens is 5. The number of hydrogen-bond donors (Lipinski definition) is 1. The molecule has 2 aliphatic rings. The first-order valence-electron chi connectivity index (χ1n) is 12.7. The summed E-state index contributed by atoms with van der Waals surface area (Å²) in [6.45, 7) is 10.9. The zero-order valence-electron chi connectivity index (χ0n) is 20.5. The van der Waals surface area contributed by atoms with Gasteiger partial charge in [-0.15, -0.1) is 0 Å². The molecule has 1 aliphatic carbocycles. The zero-order valence-corrected chi connectivity index (χ0v) is 20.5. The van der Waals surface area contributed by atoms with Crippen LogP contribution in [0.4, 0.5) is 4.39 Å². The molecule has 0 aromatic carbocycles. The van der Waals surface area contributed by atoms with E-state index >= 15 is 4.39 Å². The molecule has 0 bridgehead atoms. The van der Waals surface area contributed by atoms with Crippen LogP contribution in [0.3, 0.4) is 0 Å². The van der Waals surface area contributed by atoms with E-state index < -0.39 is 0 Å². The van der Waals surface area contributed by atoms with E-state index in [0.717, 1.165) is 64.8 Å². The van der Waals surface area contributed by atoms with E-state index in [1.54, 1.807) is 6.33 Å². The average Bonchev–Trinajstić information content (AvgIpc) is 3.41. The van der Waals surface area contributed by atoms with Crippen LogP contribution in [0.25, 0.3) is 27.8 Å². The molecule has 0 atom stereocenters. The first-order chi connectivity index (χ1) is 16.4. The Labute approximate surface area is 199 Å². The van der Waals surface area contributed by atoms with Gasteiger partial charge in [-0.05, 0) is 81.6 Å². The van der Waals surface area contributed by atoms with Gasteiger partial charge >= 0.3 is 0 Å². The van der Waals surface area contributed by atoms with Crippen molar-refractivity contribution in [1.29, 1.82) is 0 Å². The van der Waals surface area contributed by atoms with Crippen LogP contribution in [0.15, 0.2) is 18.7 Å². The zero-order chi connectivity index (χ0) is 23.6. The Morgan fingerprint density at radius 2 is 1.82 bits per heavy atom.